The van der Waals surface area contributed by atoms with Crippen molar-refractivity contribution in [3.8, 4) is 0 Å². The molecule has 0 bridgehead atoms. The molecule has 1 aromatic carbocycles. The number of ketones is 1. The van der Waals surface area contributed by atoms with Crippen molar-refractivity contribution in [2.45, 2.75) is 39.7 Å². The summed E-state index contributed by atoms with van der Waals surface area (Å²) >= 11 is 3.21. The van der Waals surface area contributed by atoms with Gasteiger partial charge in [-0.25, -0.2) is 4.39 Å². The maximum absolute atomic E-state index is 13.2. The van der Waals surface area contributed by atoms with E-state index >= 15 is 0 Å². The first kappa shape index (κ1) is 15.3. The lowest BCUT2D eigenvalue weighted by molar-refractivity contribution is -0.119. The number of halogens is 2. The number of Topliss-reactive ketones (excluding diaryl/α,β-unsaturated/α-hetero) is 1. The molecule has 2 N–H and O–H groups in total. The zero-order chi connectivity index (χ0) is 13.9. The number of rotatable bonds is 4. The van der Waals surface area contributed by atoms with E-state index in [1.807, 2.05) is 20.8 Å². The highest BCUT2D eigenvalue weighted by Gasteiger charge is 2.23. The van der Waals surface area contributed by atoms with Crippen molar-refractivity contribution in [3.63, 3.8) is 0 Å². The number of carbonyl (C=O) groups is 1. The van der Waals surface area contributed by atoms with Gasteiger partial charge in [0.1, 0.15) is 11.6 Å². The van der Waals surface area contributed by atoms with Crippen LogP contribution in [0.4, 0.5) is 4.39 Å². The fourth-order valence-electron chi connectivity index (χ4n) is 1.56. The van der Waals surface area contributed by atoms with E-state index in [9.17, 15) is 9.18 Å². The normalized spacial score (nSPS) is 13.4. The predicted octanol–water partition coefficient (Wildman–Crippen LogP) is 3.46. The molecule has 0 aliphatic heterocycles. The van der Waals surface area contributed by atoms with Crippen LogP contribution in [0.1, 0.15) is 32.8 Å². The minimum atomic E-state index is -0.340. The van der Waals surface area contributed by atoms with Crippen molar-refractivity contribution < 1.29 is 9.18 Å². The third-order valence-electron chi connectivity index (χ3n) is 2.88. The van der Waals surface area contributed by atoms with E-state index < -0.39 is 0 Å². The Balaban J connectivity index is 2.65. The summed E-state index contributed by atoms with van der Waals surface area (Å²) in [4.78, 5) is 11.9. The molecule has 1 rings (SSSR count). The summed E-state index contributed by atoms with van der Waals surface area (Å²) in [6, 6.07) is 4.32. The Labute approximate surface area is 116 Å². The minimum absolute atomic E-state index is 0.0370. The van der Waals surface area contributed by atoms with Gasteiger partial charge in [-0.15, -0.1) is 0 Å². The van der Waals surface area contributed by atoms with Crippen molar-refractivity contribution >= 4 is 21.7 Å². The number of hydrogen-bond donors (Lipinski definition) is 1. The lowest BCUT2D eigenvalue weighted by Gasteiger charge is -2.26. The average Bonchev–Trinajstić information content (AvgIpc) is 2.13. The lowest BCUT2D eigenvalue weighted by atomic mass is 9.84. The molecule has 0 spiro atoms. The molecule has 1 atom stereocenters. The second-order valence-electron chi connectivity index (χ2n) is 5.67. The molecular formula is C14H19BrFNO. The van der Waals surface area contributed by atoms with E-state index in [-0.39, 0.29) is 29.5 Å². The Hall–Kier alpha value is -0.740. The van der Waals surface area contributed by atoms with Crippen LogP contribution in [0.25, 0.3) is 0 Å². The zero-order valence-electron chi connectivity index (χ0n) is 11.0. The van der Waals surface area contributed by atoms with Gasteiger partial charge in [-0.05, 0) is 29.2 Å². The van der Waals surface area contributed by atoms with E-state index in [2.05, 4.69) is 15.9 Å². The Morgan fingerprint density at radius 3 is 2.50 bits per heavy atom. The monoisotopic (exact) mass is 315 g/mol. The van der Waals surface area contributed by atoms with Gasteiger partial charge < -0.3 is 5.73 Å². The molecule has 100 valence electrons. The first-order chi connectivity index (χ1) is 8.18. The van der Waals surface area contributed by atoms with Gasteiger partial charge in [0.25, 0.3) is 0 Å². The van der Waals surface area contributed by atoms with Crippen LogP contribution in [0.3, 0.4) is 0 Å². The number of carbonyl (C=O) groups excluding carboxylic acids is 1. The van der Waals surface area contributed by atoms with Crippen LogP contribution in [-0.4, -0.2) is 11.8 Å². The second kappa shape index (κ2) is 5.93. The van der Waals surface area contributed by atoms with Crippen LogP contribution in [0, 0.1) is 11.2 Å². The van der Waals surface area contributed by atoms with E-state index in [4.69, 9.17) is 5.73 Å². The highest BCUT2D eigenvalue weighted by atomic mass is 79.9. The van der Waals surface area contributed by atoms with E-state index in [0.29, 0.717) is 16.5 Å². The molecular weight excluding hydrogens is 297 g/mol. The molecule has 1 unspecified atom stereocenters. The first-order valence-corrected chi connectivity index (χ1v) is 6.70. The second-order valence-corrected chi connectivity index (χ2v) is 6.59. The molecule has 0 aliphatic carbocycles. The van der Waals surface area contributed by atoms with Gasteiger partial charge in [0.2, 0.25) is 0 Å². The van der Waals surface area contributed by atoms with Crippen LogP contribution in [-0.2, 0) is 11.2 Å². The van der Waals surface area contributed by atoms with Gasteiger partial charge in [0.05, 0.1) is 0 Å². The van der Waals surface area contributed by atoms with Gasteiger partial charge in [-0.1, -0.05) is 36.7 Å². The minimum Gasteiger partial charge on any atom is -0.327 e. The van der Waals surface area contributed by atoms with Crippen molar-refractivity contribution in [2.75, 3.05) is 0 Å². The molecule has 0 fully saturated rings. The van der Waals surface area contributed by atoms with Crippen LogP contribution >= 0.6 is 15.9 Å². The third-order valence-corrected chi connectivity index (χ3v) is 3.34. The molecule has 1 aromatic rings. The maximum atomic E-state index is 13.2. The topological polar surface area (TPSA) is 43.1 Å². The summed E-state index contributed by atoms with van der Waals surface area (Å²) in [6.07, 6.45) is 0.539. The molecule has 0 aromatic heterocycles. The third kappa shape index (κ3) is 4.86. The molecule has 0 aliphatic rings. The van der Waals surface area contributed by atoms with E-state index in [1.165, 1.54) is 12.1 Å². The highest BCUT2D eigenvalue weighted by Crippen LogP contribution is 2.21. The Bertz CT molecular complexity index is 420. The van der Waals surface area contributed by atoms with Crippen molar-refractivity contribution in [1.82, 2.24) is 0 Å². The average molecular weight is 316 g/mol. The van der Waals surface area contributed by atoms with Gasteiger partial charge >= 0.3 is 0 Å². The number of benzene rings is 1. The molecule has 0 amide bonds. The fraction of sp³-hybridized carbons (Fsp3) is 0.500. The summed E-state index contributed by atoms with van der Waals surface area (Å²) in [7, 11) is 0. The highest BCUT2D eigenvalue weighted by molar-refractivity contribution is 9.10. The molecule has 4 heteroatoms. The predicted molar refractivity (Wildman–Crippen MR) is 74.9 cm³/mol. The summed E-state index contributed by atoms with van der Waals surface area (Å²) in [5.74, 6) is -0.304. The molecule has 0 heterocycles. The van der Waals surface area contributed by atoms with Crippen LogP contribution in [0.5, 0.6) is 0 Å². The quantitative estimate of drug-likeness (QED) is 0.924. The molecule has 0 saturated carbocycles. The summed E-state index contributed by atoms with van der Waals surface area (Å²) in [5, 5.41) is 0. The Morgan fingerprint density at radius 2 is 2.00 bits per heavy atom. The first-order valence-electron chi connectivity index (χ1n) is 5.91. The molecule has 2 nitrogen and oxygen atoms in total. The van der Waals surface area contributed by atoms with Gasteiger partial charge in [0.15, 0.2) is 0 Å². The standard InChI is InChI=1S/C14H19BrFNO/c1-14(2,3)13(17)8-12(18)6-9-4-10(15)7-11(16)5-9/h4-5,7,13H,6,8,17H2,1-3H3. The van der Waals surface area contributed by atoms with Crippen molar-refractivity contribution in [2.24, 2.45) is 11.1 Å². The van der Waals surface area contributed by atoms with Crippen molar-refractivity contribution in [3.05, 3.63) is 34.1 Å². The van der Waals surface area contributed by atoms with E-state index in [1.54, 1.807) is 6.07 Å². The largest absolute Gasteiger partial charge is 0.327 e. The zero-order valence-corrected chi connectivity index (χ0v) is 12.6. The smallest absolute Gasteiger partial charge is 0.138 e. The fourth-order valence-corrected chi connectivity index (χ4v) is 2.08. The SMILES string of the molecule is CC(C)(C)C(N)CC(=O)Cc1cc(F)cc(Br)c1. The summed E-state index contributed by atoms with van der Waals surface area (Å²) in [5.41, 5.74) is 6.54. The van der Waals surface area contributed by atoms with Crippen LogP contribution < -0.4 is 5.73 Å². The van der Waals surface area contributed by atoms with Gasteiger partial charge in [0, 0.05) is 23.4 Å². The summed E-state index contributed by atoms with van der Waals surface area (Å²) in [6.45, 7) is 6.01. The summed E-state index contributed by atoms with van der Waals surface area (Å²) < 4.78 is 13.8. The lowest BCUT2D eigenvalue weighted by Crippen LogP contribution is -2.37. The molecule has 0 saturated heterocycles. The van der Waals surface area contributed by atoms with E-state index in [0.717, 1.165) is 0 Å². The van der Waals surface area contributed by atoms with Gasteiger partial charge in [-0.3, -0.25) is 4.79 Å². The van der Waals surface area contributed by atoms with Crippen LogP contribution in [0.2, 0.25) is 0 Å². The maximum Gasteiger partial charge on any atom is 0.138 e. The Morgan fingerprint density at radius 1 is 1.39 bits per heavy atom. The Kier molecular flexibility index (Phi) is 5.05. The molecule has 0 radical (unpaired) electrons. The van der Waals surface area contributed by atoms with Crippen LogP contribution in [0.15, 0.2) is 22.7 Å². The van der Waals surface area contributed by atoms with Crippen molar-refractivity contribution in [1.29, 1.82) is 0 Å². The van der Waals surface area contributed by atoms with Gasteiger partial charge in [-0.2, -0.15) is 0 Å². The molecule has 18 heavy (non-hydrogen) atoms. The number of hydrogen-bond acceptors (Lipinski definition) is 2. The number of nitrogens with two attached hydrogens (primary N) is 1.